The highest BCUT2D eigenvalue weighted by Gasteiger charge is 2.20. The molecule has 7 heteroatoms. The average molecular weight is 448 g/mol. The number of para-hydroxylation sites is 1. The monoisotopic (exact) mass is 448 g/mol. The molecule has 7 nitrogen and oxygen atoms in total. The number of hydrogen-bond acceptors (Lipinski definition) is 7. The van der Waals surface area contributed by atoms with E-state index in [1.54, 1.807) is 104 Å². The molecule has 4 aromatic rings. The molecule has 0 amide bonds. The lowest BCUT2D eigenvalue weighted by atomic mass is 10.0. The van der Waals surface area contributed by atoms with Crippen molar-refractivity contribution in [3.8, 4) is 47.0 Å². The van der Waals surface area contributed by atoms with Gasteiger partial charge < -0.3 is 18.9 Å². The fourth-order valence-electron chi connectivity index (χ4n) is 3.13. The van der Waals surface area contributed by atoms with Gasteiger partial charge in [-0.2, -0.15) is 0 Å². The van der Waals surface area contributed by atoms with Crippen molar-refractivity contribution in [3.05, 3.63) is 108 Å². The van der Waals surface area contributed by atoms with Crippen LogP contribution in [0.2, 0.25) is 0 Å². The van der Waals surface area contributed by atoms with Gasteiger partial charge in [-0.1, -0.05) is 36.4 Å². The van der Waals surface area contributed by atoms with Crippen LogP contribution in [0.5, 0.6) is 34.5 Å². The largest absolute Gasteiger partial charge is 0.453 e. The first kappa shape index (κ1) is 21.9. The molecule has 4 aromatic carbocycles. The molecule has 0 saturated heterocycles. The van der Waals surface area contributed by atoms with E-state index in [2.05, 4.69) is 0 Å². The van der Waals surface area contributed by atoms with Crippen molar-refractivity contribution in [2.24, 2.45) is 0 Å². The van der Waals surface area contributed by atoms with E-state index >= 15 is 0 Å². The van der Waals surface area contributed by atoms with Gasteiger partial charge in [-0.05, 0) is 60.7 Å². The molecule has 0 heterocycles. The van der Waals surface area contributed by atoms with Crippen LogP contribution in [0.4, 0.5) is 0 Å². The molecule has 0 aliphatic heterocycles. The minimum Gasteiger partial charge on any atom is -0.453 e. The van der Waals surface area contributed by atoms with Crippen molar-refractivity contribution < 1.29 is 23.7 Å². The summed E-state index contributed by atoms with van der Waals surface area (Å²) < 4.78 is 21.7. The van der Waals surface area contributed by atoms with Gasteiger partial charge in [-0.3, -0.25) is 4.79 Å². The fourth-order valence-corrected chi connectivity index (χ4v) is 3.13. The third kappa shape index (κ3) is 5.13. The maximum absolute atomic E-state index is 13.3. The minimum absolute atomic E-state index is 0.225. The molecular weight excluding hydrogens is 432 g/mol. The highest BCUT2D eigenvalue weighted by atomic mass is 16.5. The van der Waals surface area contributed by atoms with Gasteiger partial charge in [-0.25, -0.2) is 0 Å². The van der Waals surface area contributed by atoms with Crippen LogP contribution in [-0.4, -0.2) is 5.78 Å². The number of ketones is 1. The number of carbonyl (C=O) groups excluding carboxylic acids is 1. The van der Waals surface area contributed by atoms with E-state index in [1.165, 1.54) is 0 Å². The lowest BCUT2D eigenvalue weighted by Gasteiger charge is -2.16. The van der Waals surface area contributed by atoms with E-state index in [9.17, 15) is 4.79 Å². The number of carbonyl (C=O) groups is 1. The molecule has 0 radical (unpaired) electrons. The van der Waals surface area contributed by atoms with Crippen molar-refractivity contribution in [1.82, 2.24) is 0 Å². The van der Waals surface area contributed by atoms with Gasteiger partial charge in [0.2, 0.25) is 0 Å². The van der Waals surface area contributed by atoms with Gasteiger partial charge in [0, 0.05) is 5.56 Å². The molecule has 34 heavy (non-hydrogen) atoms. The van der Waals surface area contributed by atoms with E-state index in [-0.39, 0.29) is 11.5 Å². The molecule has 0 N–H and O–H groups in total. The molecular formula is C27H16N2O5. The molecule has 0 aliphatic rings. The number of rotatable bonds is 8. The second-order valence-electron chi connectivity index (χ2n) is 6.86. The molecule has 0 aromatic heterocycles. The lowest BCUT2D eigenvalue weighted by Crippen LogP contribution is -2.05. The van der Waals surface area contributed by atoms with Crippen LogP contribution in [-0.2, 0) is 0 Å². The topological polar surface area (TPSA) is 102 Å². The summed E-state index contributed by atoms with van der Waals surface area (Å²) in [6, 6.07) is 26.7. The van der Waals surface area contributed by atoms with Gasteiger partial charge >= 0.3 is 0 Å². The number of nitrogens with zero attached hydrogens (tertiary/aromatic N) is 2. The number of ether oxygens (including phenoxy) is 4. The van der Waals surface area contributed by atoms with Crippen LogP contribution in [0.1, 0.15) is 15.9 Å². The molecule has 0 fully saturated rings. The van der Waals surface area contributed by atoms with Crippen LogP contribution >= 0.6 is 0 Å². The lowest BCUT2D eigenvalue weighted by molar-refractivity contribution is 0.103. The number of hydrogen-bond donors (Lipinski definition) is 0. The molecule has 0 bridgehead atoms. The Morgan fingerprint density at radius 1 is 0.588 bits per heavy atom. The predicted molar refractivity (Wildman–Crippen MR) is 122 cm³/mol. The summed E-state index contributed by atoms with van der Waals surface area (Å²) >= 11 is 0. The van der Waals surface area contributed by atoms with Crippen LogP contribution < -0.4 is 18.9 Å². The maximum atomic E-state index is 13.3. The zero-order chi connectivity index (χ0) is 23.8. The van der Waals surface area contributed by atoms with E-state index in [0.29, 0.717) is 39.9 Å². The Hall–Kier alpha value is -5.27. The van der Waals surface area contributed by atoms with Gasteiger partial charge in [0.1, 0.15) is 23.0 Å². The standard InChI is InChI=1S/C27H16N2O5/c28-17-31-20-9-13-22(14-10-20)33-25-8-4-7-24(26(30)19-5-2-1-3-6-19)27(25)34-23-15-11-21(12-16-23)32-18-29/h1-16H. The molecule has 4 rings (SSSR count). The Bertz CT molecular complexity index is 1370. The van der Waals surface area contributed by atoms with Crippen molar-refractivity contribution in [1.29, 1.82) is 10.5 Å². The average Bonchev–Trinajstić information content (AvgIpc) is 2.88. The third-order valence-corrected chi connectivity index (χ3v) is 4.68. The number of benzene rings is 4. The van der Waals surface area contributed by atoms with Crippen LogP contribution in [0, 0.1) is 23.0 Å². The zero-order valence-electron chi connectivity index (χ0n) is 17.7. The Morgan fingerprint density at radius 3 is 1.68 bits per heavy atom. The normalized spacial score (nSPS) is 9.82. The van der Waals surface area contributed by atoms with Gasteiger partial charge in [0.15, 0.2) is 17.3 Å². The van der Waals surface area contributed by atoms with E-state index < -0.39 is 0 Å². The van der Waals surface area contributed by atoms with Crippen molar-refractivity contribution in [2.45, 2.75) is 0 Å². The number of nitriles is 2. The Labute approximate surface area is 195 Å². The molecule has 0 atom stereocenters. The first-order chi connectivity index (χ1) is 16.7. The summed E-state index contributed by atoms with van der Waals surface area (Å²) in [6.07, 6.45) is 3.22. The highest BCUT2D eigenvalue weighted by Crippen LogP contribution is 2.39. The maximum Gasteiger partial charge on any atom is 0.292 e. The van der Waals surface area contributed by atoms with E-state index in [4.69, 9.17) is 29.5 Å². The molecule has 0 spiro atoms. The molecule has 0 saturated carbocycles. The summed E-state index contributed by atoms with van der Waals surface area (Å²) in [5, 5.41) is 17.3. The quantitative estimate of drug-likeness (QED) is 0.233. The van der Waals surface area contributed by atoms with Crippen LogP contribution in [0.3, 0.4) is 0 Å². The predicted octanol–water partition coefficient (Wildman–Crippen LogP) is 6.22. The third-order valence-electron chi connectivity index (χ3n) is 4.68. The molecule has 0 aliphatic carbocycles. The minimum atomic E-state index is -0.233. The summed E-state index contributed by atoms with van der Waals surface area (Å²) in [4.78, 5) is 13.3. The Kier molecular flexibility index (Phi) is 6.69. The zero-order valence-corrected chi connectivity index (χ0v) is 17.7. The highest BCUT2D eigenvalue weighted by molar-refractivity contribution is 6.11. The smallest absolute Gasteiger partial charge is 0.292 e. The Morgan fingerprint density at radius 2 is 1.12 bits per heavy atom. The SMILES string of the molecule is N#COc1ccc(Oc2cccc(C(=O)c3ccccc3)c2Oc2ccc(OC#N)cc2)cc1. The van der Waals surface area contributed by atoms with E-state index in [0.717, 1.165) is 0 Å². The summed E-state index contributed by atoms with van der Waals surface area (Å²) in [5.41, 5.74) is 0.811. The first-order valence-electron chi connectivity index (χ1n) is 10.1. The van der Waals surface area contributed by atoms with Crippen molar-refractivity contribution in [3.63, 3.8) is 0 Å². The van der Waals surface area contributed by atoms with Gasteiger partial charge in [-0.15, -0.1) is 10.5 Å². The summed E-state index contributed by atoms with van der Waals surface area (Å²) in [5.74, 6) is 1.91. The second-order valence-corrected chi connectivity index (χ2v) is 6.86. The van der Waals surface area contributed by atoms with Crippen LogP contribution in [0.15, 0.2) is 97.1 Å². The second kappa shape index (κ2) is 10.4. The summed E-state index contributed by atoms with van der Waals surface area (Å²) in [6.45, 7) is 0. The Balaban J connectivity index is 1.72. The summed E-state index contributed by atoms with van der Waals surface area (Å²) in [7, 11) is 0. The molecule has 0 unspecified atom stereocenters. The fraction of sp³-hybridized carbons (Fsp3) is 0. The van der Waals surface area contributed by atoms with Gasteiger partial charge in [0.25, 0.3) is 12.5 Å². The molecule has 164 valence electrons. The van der Waals surface area contributed by atoms with Crippen molar-refractivity contribution in [2.75, 3.05) is 0 Å². The first-order valence-corrected chi connectivity index (χ1v) is 10.1. The van der Waals surface area contributed by atoms with Gasteiger partial charge in [0.05, 0.1) is 5.56 Å². The van der Waals surface area contributed by atoms with Crippen molar-refractivity contribution >= 4 is 5.78 Å². The van der Waals surface area contributed by atoms with E-state index in [1.807, 2.05) is 6.07 Å². The van der Waals surface area contributed by atoms with Crippen LogP contribution in [0.25, 0.3) is 0 Å².